The number of hydrogen-bond acceptors (Lipinski definition) is 2. The van der Waals surface area contributed by atoms with Gasteiger partial charge in [0.15, 0.2) is 0 Å². The molecule has 1 rings (SSSR count). The van der Waals surface area contributed by atoms with E-state index in [1.165, 1.54) is 45.2 Å². The number of amides is 1. The summed E-state index contributed by atoms with van der Waals surface area (Å²) in [5, 5.41) is 9.06. The van der Waals surface area contributed by atoms with Crippen molar-refractivity contribution >= 4 is 11.9 Å². The Morgan fingerprint density at radius 1 is 1.18 bits per heavy atom. The summed E-state index contributed by atoms with van der Waals surface area (Å²) >= 11 is 0. The Kier molecular flexibility index (Phi) is 5.22. The number of rotatable bonds is 5. The van der Waals surface area contributed by atoms with E-state index in [1.807, 2.05) is 0 Å². The third-order valence-electron chi connectivity index (χ3n) is 3.71. The zero-order valence-electron chi connectivity index (χ0n) is 12.5. The molecule has 4 nitrogen and oxygen atoms in total. The molecule has 1 atom stereocenters. The largest absolute Gasteiger partial charge is 0.480 e. The summed E-state index contributed by atoms with van der Waals surface area (Å²) in [6, 6.07) is 7.10. The Bertz CT molecular complexity index is 541. The number of carboxylic acid groups (broad SMARTS) is 1. The van der Waals surface area contributed by atoms with Gasteiger partial charge in [-0.15, -0.1) is 0 Å². The first-order valence-electron chi connectivity index (χ1n) is 6.59. The van der Waals surface area contributed by atoms with Gasteiger partial charge in [0.1, 0.15) is 5.54 Å². The summed E-state index contributed by atoms with van der Waals surface area (Å²) in [4.78, 5) is 24.0. The van der Waals surface area contributed by atoms with Gasteiger partial charge in [-0.1, -0.05) is 30.3 Å². The number of halogens is 3. The number of aliphatic carboxylic acids is 1. The normalized spacial score (nSPS) is 13.5. The van der Waals surface area contributed by atoms with Crippen molar-refractivity contribution in [1.82, 2.24) is 4.90 Å². The summed E-state index contributed by atoms with van der Waals surface area (Å²) in [7, 11) is 1.19. The van der Waals surface area contributed by atoms with Crippen molar-refractivity contribution in [3.8, 4) is 0 Å². The first-order chi connectivity index (χ1) is 9.98. The molecule has 1 aromatic rings. The summed E-state index contributed by atoms with van der Waals surface area (Å²) < 4.78 is 39.6. The number of carboxylic acids is 1. The van der Waals surface area contributed by atoms with Gasteiger partial charge in [-0.2, -0.15) is 13.2 Å². The molecule has 0 radical (unpaired) electrons. The molecular formula is C15H18F3NO3. The van der Waals surface area contributed by atoms with Crippen LogP contribution in [0.1, 0.15) is 31.7 Å². The van der Waals surface area contributed by atoms with E-state index < -0.39 is 35.9 Å². The van der Waals surface area contributed by atoms with Crippen LogP contribution in [0, 0.1) is 0 Å². The van der Waals surface area contributed by atoms with Crippen molar-refractivity contribution in [3.63, 3.8) is 0 Å². The Morgan fingerprint density at radius 3 is 2.09 bits per heavy atom. The van der Waals surface area contributed by atoms with Crippen molar-refractivity contribution in [2.24, 2.45) is 0 Å². The van der Waals surface area contributed by atoms with E-state index in [4.69, 9.17) is 5.11 Å². The maximum atomic E-state index is 13.2. The number of carbonyl (C=O) groups is 2. The highest BCUT2D eigenvalue weighted by atomic mass is 19.4. The van der Waals surface area contributed by atoms with Crippen LogP contribution in [0.15, 0.2) is 30.3 Å². The number of likely N-dealkylation sites (N-methyl/N-ethyl adjacent to an activating group) is 1. The maximum Gasteiger partial charge on any atom is 0.396 e. The molecule has 0 aliphatic rings. The quantitative estimate of drug-likeness (QED) is 0.908. The fourth-order valence-electron chi connectivity index (χ4n) is 1.87. The molecule has 0 saturated heterocycles. The van der Waals surface area contributed by atoms with Crippen LogP contribution >= 0.6 is 0 Å². The lowest BCUT2D eigenvalue weighted by molar-refractivity contribution is -0.165. The van der Waals surface area contributed by atoms with Gasteiger partial charge < -0.3 is 10.0 Å². The average Bonchev–Trinajstić information content (AvgIpc) is 2.43. The molecule has 0 bridgehead atoms. The molecule has 0 spiro atoms. The second kappa shape index (κ2) is 6.37. The second-order valence-electron chi connectivity index (χ2n) is 5.53. The highest BCUT2D eigenvalue weighted by Crippen LogP contribution is 2.38. The smallest absolute Gasteiger partial charge is 0.396 e. The Balaban J connectivity index is 3.02. The van der Waals surface area contributed by atoms with E-state index in [0.717, 1.165) is 4.90 Å². The third-order valence-corrected chi connectivity index (χ3v) is 3.71. The fourth-order valence-corrected chi connectivity index (χ4v) is 1.87. The van der Waals surface area contributed by atoms with Crippen LogP contribution in [0.2, 0.25) is 0 Å². The molecule has 0 aliphatic heterocycles. The minimum absolute atomic E-state index is 0.0233. The second-order valence-corrected chi connectivity index (χ2v) is 5.53. The SMILES string of the molecule is CN(C(=O)CC(c1ccccc1)C(F)(F)F)C(C)(C)C(=O)O. The van der Waals surface area contributed by atoms with E-state index in [1.54, 1.807) is 6.07 Å². The number of nitrogens with zero attached hydrogens (tertiary/aromatic N) is 1. The van der Waals surface area contributed by atoms with E-state index >= 15 is 0 Å². The molecule has 1 aromatic carbocycles. The van der Waals surface area contributed by atoms with Crippen LogP contribution in [0.5, 0.6) is 0 Å². The van der Waals surface area contributed by atoms with Crippen molar-refractivity contribution in [1.29, 1.82) is 0 Å². The van der Waals surface area contributed by atoms with Gasteiger partial charge in [0.05, 0.1) is 5.92 Å². The van der Waals surface area contributed by atoms with E-state index in [2.05, 4.69) is 0 Å². The van der Waals surface area contributed by atoms with Crippen LogP contribution < -0.4 is 0 Å². The van der Waals surface area contributed by atoms with Crippen molar-refractivity contribution in [2.75, 3.05) is 7.05 Å². The predicted molar refractivity (Wildman–Crippen MR) is 74.3 cm³/mol. The minimum Gasteiger partial charge on any atom is -0.480 e. The molecule has 0 saturated carbocycles. The van der Waals surface area contributed by atoms with Gasteiger partial charge >= 0.3 is 12.1 Å². The monoisotopic (exact) mass is 317 g/mol. The zero-order valence-corrected chi connectivity index (χ0v) is 12.5. The molecule has 0 fully saturated rings. The fraction of sp³-hybridized carbons (Fsp3) is 0.467. The van der Waals surface area contributed by atoms with Crippen LogP contribution in [0.4, 0.5) is 13.2 Å². The lowest BCUT2D eigenvalue weighted by atomic mass is 9.93. The number of hydrogen-bond donors (Lipinski definition) is 1. The van der Waals surface area contributed by atoms with Gasteiger partial charge in [-0.3, -0.25) is 4.79 Å². The summed E-state index contributed by atoms with van der Waals surface area (Å²) in [5.41, 5.74) is -1.60. The standard InChI is InChI=1S/C15H18F3NO3/c1-14(2,13(21)22)19(3)12(20)9-11(15(16,17)18)10-7-5-4-6-8-10/h4-8,11H,9H2,1-3H3,(H,21,22). The van der Waals surface area contributed by atoms with Gasteiger partial charge in [0.25, 0.3) is 0 Å². The van der Waals surface area contributed by atoms with Gasteiger partial charge in [-0.25, -0.2) is 4.79 Å². The van der Waals surface area contributed by atoms with Crippen molar-refractivity contribution in [3.05, 3.63) is 35.9 Å². The van der Waals surface area contributed by atoms with E-state index in [9.17, 15) is 22.8 Å². The van der Waals surface area contributed by atoms with Crippen molar-refractivity contribution in [2.45, 2.75) is 37.9 Å². The first-order valence-corrected chi connectivity index (χ1v) is 6.59. The number of alkyl halides is 3. The highest BCUT2D eigenvalue weighted by molar-refractivity contribution is 5.86. The van der Waals surface area contributed by atoms with Crippen LogP contribution in [-0.2, 0) is 9.59 Å². The van der Waals surface area contributed by atoms with Gasteiger partial charge in [-0.05, 0) is 19.4 Å². The topological polar surface area (TPSA) is 57.6 Å². The van der Waals surface area contributed by atoms with Gasteiger partial charge in [0.2, 0.25) is 5.91 Å². The summed E-state index contributed by atoms with van der Waals surface area (Å²) in [6.07, 6.45) is -5.42. The molecule has 0 aliphatic carbocycles. The molecule has 0 aromatic heterocycles. The Morgan fingerprint density at radius 2 is 1.68 bits per heavy atom. The Labute approximate surface area is 126 Å². The number of carbonyl (C=O) groups excluding carboxylic acids is 1. The van der Waals surface area contributed by atoms with E-state index in [-0.39, 0.29) is 5.56 Å². The zero-order chi connectivity index (χ0) is 17.1. The summed E-state index contributed by atoms with van der Waals surface area (Å²) in [6.45, 7) is 2.52. The van der Waals surface area contributed by atoms with Crippen LogP contribution in [-0.4, -0.2) is 40.6 Å². The predicted octanol–water partition coefficient (Wildman–Crippen LogP) is 3.04. The molecular weight excluding hydrogens is 299 g/mol. The maximum absolute atomic E-state index is 13.2. The molecule has 1 amide bonds. The molecule has 7 heteroatoms. The lowest BCUT2D eigenvalue weighted by Crippen LogP contribution is -2.51. The van der Waals surface area contributed by atoms with Crippen LogP contribution in [0.3, 0.4) is 0 Å². The average molecular weight is 317 g/mol. The van der Waals surface area contributed by atoms with Crippen LogP contribution in [0.25, 0.3) is 0 Å². The summed E-state index contributed by atoms with van der Waals surface area (Å²) in [5.74, 6) is -4.13. The highest BCUT2D eigenvalue weighted by Gasteiger charge is 2.44. The molecule has 1 N–H and O–H groups in total. The Hall–Kier alpha value is -2.05. The molecule has 0 heterocycles. The third kappa shape index (κ3) is 3.99. The first kappa shape index (κ1) is 18.0. The molecule has 122 valence electrons. The van der Waals surface area contributed by atoms with E-state index in [0.29, 0.717) is 0 Å². The number of benzene rings is 1. The van der Waals surface area contributed by atoms with Gasteiger partial charge in [0, 0.05) is 13.5 Å². The minimum atomic E-state index is -4.59. The lowest BCUT2D eigenvalue weighted by Gasteiger charge is -2.33. The molecule has 22 heavy (non-hydrogen) atoms. The van der Waals surface area contributed by atoms with Crippen molar-refractivity contribution < 1.29 is 27.9 Å². The molecule has 1 unspecified atom stereocenters.